The molecule has 0 aliphatic heterocycles. The zero-order chi connectivity index (χ0) is 23.5. The Balaban J connectivity index is 1.47. The van der Waals surface area contributed by atoms with E-state index in [9.17, 15) is 13.6 Å². The van der Waals surface area contributed by atoms with Gasteiger partial charge in [0.15, 0.2) is 23.1 Å². The molecule has 0 radical (unpaired) electrons. The van der Waals surface area contributed by atoms with E-state index in [2.05, 4.69) is 21.6 Å². The van der Waals surface area contributed by atoms with E-state index >= 15 is 0 Å². The Hall–Kier alpha value is -4.01. The van der Waals surface area contributed by atoms with Crippen molar-refractivity contribution in [1.82, 2.24) is 14.9 Å². The number of hydrogen-bond acceptors (Lipinski definition) is 5. The van der Waals surface area contributed by atoms with Crippen LogP contribution in [0.25, 0.3) is 0 Å². The molecule has 170 valence electrons. The Morgan fingerprint density at radius 3 is 2.70 bits per heavy atom. The summed E-state index contributed by atoms with van der Waals surface area (Å²) in [5.74, 6) is -1.52. The van der Waals surface area contributed by atoms with Gasteiger partial charge >= 0.3 is 0 Å². The number of carbonyl (C=O) groups is 1. The monoisotopic (exact) mass is 452 g/mol. The minimum Gasteiger partial charge on any atom is -0.486 e. The van der Waals surface area contributed by atoms with Crippen LogP contribution in [0.3, 0.4) is 0 Å². The van der Waals surface area contributed by atoms with Crippen LogP contribution >= 0.6 is 0 Å². The number of anilines is 1. The van der Waals surface area contributed by atoms with Crippen molar-refractivity contribution in [3.05, 3.63) is 94.0 Å². The van der Waals surface area contributed by atoms with Crippen LogP contribution < -0.4 is 10.1 Å². The average Bonchev–Trinajstić information content (AvgIpc) is 3.29. The molecule has 1 amide bonds. The number of aryl methyl sites for hydroxylation is 3. The Morgan fingerprint density at radius 2 is 1.94 bits per heavy atom. The normalized spacial score (nSPS) is 10.9. The average molecular weight is 452 g/mol. The molecule has 4 rings (SSSR count). The van der Waals surface area contributed by atoms with E-state index in [0.29, 0.717) is 23.7 Å². The van der Waals surface area contributed by atoms with Crippen molar-refractivity contribution in [3.8, 4) is 5.75 Å². The number of amides is 1. The van der Waals surface area contributed by atoms with Crippen LogP contribution in [0.5, 0.6) is 5.75 Å². The van der Waals surface area contributed by atoms with Crippen LogP contribution in [0.1, 0.15) is 38.6 Å². The number of ether oxygens (including phenoxy) is 1. The van der Waals surface area contributed by atoms with Crippen LogP contribution in [0.2, 0.25) is 0 Å². The van der Waals surface area contributed by atoms with Crippen molar-refractivity contribution in [1.29, 1.82) is 0 Å². The molecule has 0 unspecified atom stereocenters. The molecule has 7 nitrogen and oxygen atoms in total. The highest BCUT2D eigenvalue weighted by molar-refractivity contribution is 6.03. The maximum absolute atomic E-state index is 13.9. The SMILES string of the molecule is Cc1cccc(Cn2nc(NC(=O)c3noc(C)c3COc3ccc(F)cc3F)cc2C)c1. The van der Waals surface area contributed by atoms with Crippen molar-refractivity contribution in [3.63, 3.8) is 0 Å². The molecule has 0 saturated heterocycles. The lowest BCUT2D eigenvalue weighted by Crippen LogP contribution is -2.16. The highest BCUT2D eigenvalue weighted by atomic mass is 19.1. The van der Waals surface area contributed by atoms with Crippen molar-refractivity contribution < 1.29 is 22.8 Å². The third-order valence-electron chi connectivity index (χ3n) is 5.10. The Kier molecular flexibility index (Phi) is 6.21. The molecular formula is C24H22F2N4O3. The van der Waals surface area contributed by atoms with Gasteiger partial charge in [0.25, 0.3) is 5.91 Å². The summed E-state index contributed by atoms with van der Waals surface area (Å²) in [4.78, 5) is 12.8. The molecule has 2 aromatic heterocycles. The van der Waals surface area contributed by atoms with Gasteiger partial charge in [-0.3, -0.25) is 9.48 Å². The molecule has 0 spiro atoms. The summed E-state index contributed by atoms with van der Waals surface area (Å²) in [6.45, 7) is 5.92. The van der Waals surface area contributed by atoms with Gasteiger partial charge in [-0.25, -0.2) is 8.78 Å². The second-order valence-electron chi connectivity index (χ2n) is 7.70. The smallest absolute Gasteiger partial charge is 0.279 e. The molecule has 2 aromatic carbocycles. The number of hydrogen-bond donors (Lipinski definition) is 1. The van der Waals surface area contributed by atoms with Crippen molar-refractivity contribution in [2.75, 3.05) is 5.32 Å². The minimum atomic E-state index is -0.843. The minimum absolute atomic E-state index is 0.000840. The van der Waals surface area contributed by atoms with Gasteiger partial charge in [-0.15, -0.1) is 0 Å². The first-order valence-electron chi connectivity index (χ1n) is 10.2. The number of rotatable bonds is 7. The number of nitrogens with one attached hydrogen (secondary N) is 1. The molecular weight excluding hydrogens is 430 g/mol. The first-order chi connectivity index (χ1) is 15.8. The van der Waals surface area contributed by atoms with E-state index in [-0.39, 0.29) is 18.1 Å². The van der Waals surface area contributed by atoms with Gasteiger partial charge < -0.3 is 14.6 Å². The summed E-state index contributed by atoms with van der Waals surface area (Å²) in [5, 5.41) is 11.0. The Morgan fingerprint density at radius 1 is 1.12 bits per heavy atom. The molecule has 0 atom stereocenters. The number of benzene rings is 2. The van der Waals surface area contributed by atoms with Gasteiger partial charge in [-0.1, -0.05) is 35.0 Å². The van der Waals surface area contributed by atoms with Crippen LogP contribution in [0, 0.1) is 32.4 Å². The summed E-state index contributed by atoms with van der Waals surface area (Å²) >= 11 is 0. The fourth-order valence-corrected chi connectivity index (χ4v) is 3.37. The first kappa shape index (κ1) is 22.2. The second kappa shape index (κ2) is 9.23. The first-order valence-corrected chi connectivity index (χ1v) is 10.2. The standard InChI is InChI=1S/C24H22F2N4O3/c1-14-5-4-6-17(9-14)12-30-15(2)10-22(28-30)27-24(31)23-19(16(3)33-29-23)13-32-21-8-7-18(25)11-20(21)26/h4-11H,12-13H2,1-3H3,(H,27,28,31). The third kappa shape index (κ3) is 5.08. The molecule has 0 saturated carbocycles. The van der Waals surface area contributed by atoms with E-state index in [1.165, 1.54) is 6.07 Å². The molecule has 4 aromatic rings. The summed E-state index contributed by atoms with van der Waals surface area (Å²) in [6, 6.07) is 12.8. The lowest BCUT2D eigenvalue weighted by Gasteiger charge is -2.08. The second-order valence-corrected chi connectivity index (χ2v) is 7.70. The lowest BCUT2D eigenvalue weighted by molar-refractivity contribution is 0.101. The molecule has 0 bridgehead atoms. The van der Waals surface area contributed by atoms with E-state index < -0.39 is 17.5 Å². The van der Waals surface area contributed by atoms with E-state index in [0.717, 1.165) is 29.0 Å². The van der Waals surface area contributed by atoms with Crippen LogP contribution in [-0.4, -0.2) is 20.8 Å². The number of carbonyl (C=O) groups excluding carboxylic acids is 1. The van der Waals surface area contributed by atoms with E-state index in [1.807, 2.05) is 32.0 Å². The highest BCUT2D eigenvalue weighted by Gasteiger charge is 2.22. The van der Waals surface area contributed by atoms with Gasteiger partial charge in [0, 0.05) is 17.8 Å². The van der Waals surface area contributed by atoms with Crippen molar-refractivity contribution in [2.24, 2.45) is 0 Å². The van der Waals surface area contributed by atoms with Crippen LogP contribution in [0.15, 0.2) is 53.1 Å². The summed E-state index contributed by atoms with van der Waals surface area (Å²) in [7, 11) is 0. The quantitative estimate of drug-likeness (QED) is 0.429. The molecule has 0 aliphatic rings. The van der Waals surface area contributed by atoms with Gasteiger partial charge in [-0.2, -0.15) is 5.10 Å². The predicted octanol–water partition coefficient (Wildman–Crippen LogP) is 4.95. The number of aromatic nitrogens is 3. The zero-order valence-corrected chi connectivity index (χ0v) is 18.4. The van der Waals surface area contributed by atoms with Gasteiger partial charge in [0.05, 0.1) is 12.1 Å². The number of nitrogens with zero attached hydrogens (tertiary/aromatic N) is 3. The molecule has 0 aliphatic carbocycles. The molecule has 1 N–H and O–H groups in total. The van der Waals surface area contributed by atoms with Crippen molar-refractivity contribution in [2.45, 2.75) is 33.9 Å². The number of halogens is 2. The summed E-state index contributed by atoms with van der Waals surface area (Å²) in [6.07, 6.45) is 0. The van der Waals surface area contributed by atoms with Gasteiger partial charge in [0.1, 0.15) is 18.2 Å². The topological polar surface area (TPSA) is 82.2 Å². The highest BCUT2D eigenvalue weighted by Crippen LogP contribution is 2.22. The fraction of sp³-hybridized carbons (Fsp3) is 0.208. The third-order valence-corrected chi connectivity index (χ3v) is 5.10. The Labute approximate surface area is 189 Å². The van der Waals surface area contributed by atoms with Gasteiger partial charge in [0.2, 0.25) is 0 Å². The fourth-order valence-electron chi connectivity index (χ4n) is 3.37. The summed E-state index contributed by atoms with van der Waals surface area (Å²) < 4.78 is 39.3. The molecule has 2 heterocycles. The van der Waals surface area contributed by atoms with Crippen LogP contribution in [-0.2, 0) is 13.2 Å². The molecule has 0 fully saturated rings. The molecule has 33 heavy (non-hydrogen) atoms. The predicted molar refractivity (Wildman–Crippen MR) is 117 cm³/mol. The van der Waals surface area contributed by atoms with E-state index in [4.69, 9.17) is 9.26 Å². The largest absolute Gasteiger partial charge is 0.486 e. The maximum atomic E-state index is 13.9. The summed E-state index contributed by atoms with van der Waals surface area (Å²) in [5.41, 5.74) is 3.48. The lowest BCUT2D eigenvalue weighted by atomic mass is 10.1. The zero-order valence-electron chi connectivity index (χ0n) is 18.4. The van der Waals surface area contributed by atoms with Crippen molar-refractivity contribution >= 4 is 11.7 Å². The van der Waals surface area contributed by atoms with E-state index in [1.54, 1.807) is 17.7 Å². The van der Waals surface area contributed by atoms with Crippen LogP contribution in [0.4, 0.5) is 14.6 Å². The van der Waals surface area contributed by atoms with Gasteiger partial charge in [-0.05, 0) is 38.5 Å². The maximum Gasteiger partial charge on any atom is 0.279 e. The molecule has 9 heteroatoms. The Bertz CT molecular complexity index is 1310.